The molecule has 0 aliphatic carbocycles. The maximum atomic E-state index is 9.83. The zero-order chi connectivity index (χ0) is 14.5. The number of halogens is 1. The maximum absolute atomic E-state index is 9.83. The molecule has 1 atom stereocenters. The Labute approximate surface area is 127 Å². The summed E-state index contributed by atoms with van der Waals surface area (Å²) in [6, 6.07) is 15.1. The molecular formula is C16H18BrNO2. The number of phenolic OH excluding ortho intramolecular Hbond substituents is 1. The number of hydrogen-bond acceptors (Lipinski definition) is 3. The molecule has 2 aromatic carbocycles. The molecule has 20 heavy (non-hydrogen) atoms. The van der Waals surface area contributed by atoms with Gasteiger partial charge in [0.15, 0.2) is 0 Å². The Morgan fingerprint density at radius 2 is 1.90 bits per heavy atom. The van der Waals surface area contributed by atoms with Crippen LogP contribution in [0.1, 0.15) is 17.2 Å². The van der Waals surface area contributed by atoms with Crippen LogP contribution in [-0.2, 0) is 6.54 Å². The first-order chi connectivity index (χ1) is 9.61. The van der Waals surface area contributed by atoms with E-state index in [2.05, 4.69) is 15.9 Å². The summed E-state index contributed by atoms with van der Waals surface area (Å²) in [5.41, 5.74) is 1.89. The van der Waals surface area contributed by atoms with Crippen molar-refractivity contribution in [2.75, 3.05) is 13.7 Å². The average molecular weight is 336 g/mol. The minimum absolute atomic E-state index is 0.0283. The molecule has 0 bridgehead atoms. The van der Waals surface area contributed by atoms with Gasteiger partial charge in [-0.3, -0.25) is 4.90 Å². The summed E-state index contributed by atoms with van der Waals surface area (Å²) >= 11 is 3.45. The highest BCUT2D eigenvalue weighted by atomic mass is 79.9. The lowest BCUT2D eigenvalue weighted by Crippen LogP contribution is -2.27. The second-order valence-electron chi connectivity index (χ2n) is 4.80. The second-order valence-corrected chi connectivity index (χ2v) is 5.71. The molecule has 2 aromatic rings. The van der Waals surface area contributed by atoms with Crippen LogP contribution in [0.25, 0.3) is 0 Å². The van der Waals surface area contributed by atoms with E-state index in [1.54, 1.807) is 12.1 Å². The van der Waals surface area contributed by atoms with Gasteiger partial charge in [0, 0.05) is 16.6 Å². The van der Waals surface area contributed by atoms with Gasteiger partial charge in [-0.1, -0.05) is 46.3 Å². The van der Waals surface area contributed by atoms with Gasteiger partial charge in [-0.05, 0) is 30.8 Å². The Kier molecular flexibility index (Phi) is 5.17. The van der Waals surface area contributed by atoms with Crippen LogP contribution in [0.15, 0.2) is 53.0 Å². The summed E-state index contributed by atoms with van der Waals surface area (Å²) in [5.74, 6) is 0.283. The van der Waals surface area contributed by atoms with Crippen LogP contribution >= 0.6 is 15.9 Å². The van der Waals surface area contributed by atoms with Crippen molar-refractivity contribution in [3.05, 3.63) is 64.1 Å². The molecule has 0 saturated carbocycles. The van der Waals surface area contributed by atoms with Gasteiger partial charge in [-0.25, -0.2) is 0 Å². The monoisotopic (exact) mass is 335 g/mol. The minimum atomic E-state index is -0.105. The molecule has 1 unspecified atom stereocenters. The molecule has 106 valence electrons. The van der Waals surface area contributed by atoms with Crippen molar-refractivity contribution < 1.29 is 10.2 Å². The fourth-order valence-corrected chi connectivity index (χ4v) is 2.65. The molecule has 0 saturated heterocycles. The third-order valence-corrected chi connectivity index (χ3v) is 3.84. The third-order valence-electron chi connectivity index (χ3n) is 3.35. The van der Waals surface area contributed by atoms with Crippen molar-refractivity contribution in [1.82, 2.24) is 4.90 Å². The van der Waals surface area contributed by atoms with Gasteiger partial charge in [0.2, 0.25) is 0 Å². The van der Waals surface area contributed by atoms with E-state index in [0.717, 1.165) is 15.6 Å². The van der Waals surface area contributed by atoms with Crippen molar-refractivity contribution in [2.45, 2.75) is 12.6 Å². The summed E-state index contributed by atoms with van der Waals surface area (Å²) < 4.78 is 0.990. The van der Waals surface area contributed by atoms with E-state index in [1.807, 2.05) is 48.3 Å². The van der Waals surface area contributed by atoms with E-state index in [4.69, 9.17) is 0 Å². The summed E-state index contributed by atoms with van der Waals surface area (Å²) in [7, 11) is 1.94. The molecular weight excluding hydrogens is 318 g/mol. The largest absolute Gasteiger partial charge is 0.508 e. The second kappa shape index (κ2) is 6.88. The van der Waals surface area contributed by atoms with Gasteiger partial charge in [-0.15, -0.1) is 0 Å². The van der Waals surface area contributed by atoms with Gasteiger partial charge in [0.1, 0.15) is 5.75 Å². The van der Waals surface area contributed by atoms with Crippen LogP contribution < -0.4 is 0 Å². The molecule has 0 aliphatic heterocycles. The highest BCUT2D eigenvalue weighted by molar-refractivity contribution is 9.10. The summed E-state index contributed by atoms with van der Waals surface area (Å²) in [6.07, 6.45) is 0. The number of aromatic hydroxyl groups is 1. The number of aliphatic hydroxyl groups is 1. The SMILES string of the molecule is CN(Cc1ccccc1O)C(CO)c1cccc(Br)c1. The standard InChI is InChI=1S/C16H18BrNO2/c1-18(10-13-5-2-3-8-16(13)20)15(11-19)12-6-4-7-14(17)9-12/h2-9,15,19-20H,10-11H2,1H3. The molecule has 0 amide bonds. The van der Waals surface area contributed by atoms with E-state index >= 15 is 0 Å². The number of nitrogens with zero attached hydrogens (tertiary/aromatic N) is 1. The van der Waals surface area contributed by atoms with Crippen LogP contribution in [0.5, 0.6) is 5.75 Å². The van der Waals surface area contributed by atoms with Gasteiger partial charge < -0.3 is 10.2 Å². The smallest absolute Gasteiger partial charge is 0.120 e. The van der Waals surface area contributed by atoms with E-state index in [0.29, 0.717) is 6.54 Å². The first-order valence-corrected chi connectivity index (χ1v) is 7.24. The normalized spacial score (nSPS) is 12.6. The molecule has 0 aromatic heterocycles. The lowest BCUT2D eigenvalue weighted by Gasteiger charge is -2.27. The average Bonchev–Trinajstić information content (AvgIpc) is 2.42. The molecule has 3 nitrogen and oxygen atoms in total. The summed E-state index contributed by atoms with van der Waals surface area (Å²) in [6.45, 7) is 0.602. The zero-order valence-corrected chi connectivity index (χ0v) is 12.9. The first kappa shape index (κ1) is 15.0. The Hall–Kier alpha value is -1.36. The fourth-order valence-electron chi connectivity index (χ4n) is 2.24. The predicted octanol–water partition coefficient (Wildman–Crippen LogP) is 3.32. The van der Waals surface area contributed by atoms with Crippen molar-refractivity contribution in [3.8, 4) is 5.75 Å². The summed E-state index contributed by atoms with van der Waals surface area (Å²) in [5, 5.41) is 19.5. The third kappa shape index (κ3) is 3.60. The van der Waals surface area contributed by atoms with E-state index < -0.39 is 0 Å². The van der Waals surface area contributed by atoms with Crippen molar-refractivity contribution >= 4 is 15.9 Å². The molecule has 4 heteroatoms. The molecule has 0 heterocycles. The van der Waals surface area contributed by atoms with E-state index in [9.17, 15) is 10.2 Å². The first-order valence-electron chi connectivity index (χ1n) is 6.45. The number of likely N-dealkylation sites (N-methyl/N-ethyl adjacent to an activating group) is 1. The van der Waals surface area contributed by atoms with Crippen LogP contribution in [0.3, 0.4) is 0 Å². The molecule has 0 fully saturated rings. The molecule has 0 radical (unpaired) electrons. The van der Waals surface area contributed by atoms with Gasteiger partial charge in [-0.2, -0.15) is 0 Å². The number of para-hydroxylation sites is 1. The zero-order valence-electron chi connectivity index (χ0n) is 11.3. The topological polar surface area (TPSA) is 43.7 Å². The Balaban J connectivity index is 2.17. The molecule has 2 N–H and O–H groups in total. The van der Waals surface area contributed by atoms with Crippen LogP contribution in [0.4, 0.5) is 0 Å². The van der Waals surface area contributed by atoms with E-state index in [-0.39, 0.29) is 18.4 Å². The number of phenols is 1. The number of hydrogen-bond donors (Lipinski definition) is 2. The number of aliphatic hydroxyl groups excluding tert-OH is 1. The maximum Gasteiger partial charge on any atom is 0.120 e. The van der Waals surface area contributed by atoms with Crippen molar-refractivity contribution in [2.24, 2.45) is 0 Å². The Morgan fingerprint density at radius 1 is 1.15 bits per heavy atom. The Bertz CT molecular complexity index is 574. The number of rotatable bonds is 5. The van der Waals surface area contributed by atoms with Crippen molar-refractivity contribution in [1.29, 1.82) is 0 Å². The quantitative estimate of drug-likeness (QED) is 0.880. The fraction of sp³-hybridized carbons (Fsp3) is 0.250. The highest BCUT2D eigenvalue weighted by Gasteiger charge is 2.17. The van der Waals surface area contributed by atoms with Gasteiger partial charge in [0.25, 0.3) is 0 Å². The lowest BCUT2D eigenvalue weighted by molar-refractivity contribution is 0.141. The van der Waals surface area contributed by atoms with E-state index in [1.165, 1.54) is 0 Å². The predicted molar refractivity (Wildman–Crippen MR) is 83.5 cm³/mol. The van der Waals surface area contributed by atoms with Gasteiger partial charge in [0.05, 0.1) is 12.6 Å². The van der Waals surface area contributed by atoms with Crippen LogP contribution in [-0.4, -0.2) is 28.8 Å². The minimum Gasteiger partial charge on any atom is -0.508 e. The highest BCUT2D eigenvalue weighted by Crippen LogP contribution is 2.25. The molecule has 0 aliphatic rings. The van der Waals surface area contributed by atoms with Crippen LogP contribution in [0, 0.1) is 0 Å². The van der Waals surface area contributed by atoms with Crippen molar-refractivity contribution in [3.63, 3.8) is 0 Å². The lowest BCUT2D eigenvalue weighted by atomic mass is 10.1. The van der Waals surface area contributed by atoms with Gasteiger partial charge >= 0.3 is 0 Å². The summed E-state index contributed by atoms with van der Waals surface area (Å²) in [4.78, 5) is 2.02. The molecule has 0 spiro atoms. The number of benzene rings is 2. The van der Waals surface area contributed by atoms with Crippen LogP contribution in [0.2, 0.25) is 0 Å². The Morgan fingerprint density at radius 3 is 2.55 bits per heavy atom. The molecule has 2 rings (SSSR count).